The lowest BCUT2D eigenvalue weighted by atomic mass is 10.1. The topological polar surface area (TPSA) is 46.3 Å². The number of nitrogens with zero attached hydrogens (tertiary/aromatic N) is 1. The Kier molecular flexibility index (Phi) is 4.16. The highest BCUT2D eigenvalue weighted by molar-refractivity contribution is 5.99. The fraction of sp³-hybridized carbons (Fsp3) is 0.533. The molecule has 6 heteroatoms. The molecular formula is C15H19F3N2O. The highest BCUT2D eigenvalue weighted by atomic mass is 19.4. The molecule has 1 aliphatic carbocycles. The second-order valence-corrected chi connectivity index (χ2v) is 5.79. The number of anilines is 1. The van der Waals surface area contributed by atoms with Gasteiger partial charge in [-0.15, -0.1) is 0 Å². The summed E-state index contributed by atoms with van der Waals surface area (Å²) < 4.78 is 38.3. The predicted molar refractivity (Wildman–Crippen MR) is 74.8 cm³/mol. The van der Waals surface area contributed by atoms with Crippen LogP contribution in [0.15, 0.2) is 18.2 Å². The summed E-state index contributed by atoms with van der Waals surface area (Å²) in [5, 5.41) is 0. The van der Waals surface area contributed by atoms with Crippen LogP contribution in [-0.4, -0.2) is 23.4 Å². The van der Waals surface area contributed by atoms with Gasteiger partial charge in [0.2, 0.25) is 0 Å². The molecule has 1 aromatic rings. The Hall–Kier alpha value is -1.72. The lowest BCUT2D eigenvalue weighted by Crippen LogP contribution is -2.39. The summed E-state index contributed by atoms with van der Waals surface area (Å²) in [6.45, 7) is 4.28. The molecule has 1 aliphatic rings. The van der Waals surface area contributed by atoms with E-state index >= 15 is 0 Å². The summed E-state index contributed by atoms with van der Waals surface area (Å²) in [4.78, 5) is 14.1. The normalized spacial score (nSPS) is 15.3. The number of hydrogen-bond donors (Lipinski definition) is 1. The van der Waals surface area contributed by atoms with Crippen molar-refractivity contribution in [2.45, 2.75) is 38.9 Å². The maximum Gasteiger partial charge on any atom is 0.416 e. The number of nitrogen functional groups attached to an aromatic ring is 1. The lowest BCUT2D eigenvalue weighted by molar-refractivity contribution is -0.137. The van der Waals surface area contributed by atoms with Gasteiger partial charge in [0.1, 0.15) is 0 Å². The Morgan fingerprint density at radius 2 is 2.00 bits per heavy atom. The molecule has 21 heavy (non-hydrogen) atoms. The first-order chi connectivity index (χ1) is 9.70. The number of benzene rings is 1. The second kappa shape index (κ2) is 5.58. The molecule has 3 nitrogen and oxygen atoms in total. The number of carbonyl (C=O) groups excluding carboxylic acids is 1. The zero-order chi connectivity index (χ0) is 15.8. The zero-order valence-electron chi connectivity index (χ0n) is 12.1. The first kappa shape index (κ1) is 15.7. The van der Waals surface area contributed by atoms with Gasteiger partial charge < -0.3 is 10.6 Å². The van der Waals surface area contributed by atoms with Crippen LogP contribution in [-0.2, 0) is 6.18 Å². The van der Waals surface area contributed by atoms with Gasteiger partial charge in [-0.25, -0.2) is 0 Å². The van der Waals surface area contributed by atoms with Crippen LogP contribution in [0.4, 0.5) is 18.9 Å². The van der Waals surface area contributed by atoms with Crippen molar-refractivity contribution < 1.29 is 18.0 Å². The summed E-state index contributed by atoms with van der Waals surface area (Å²) in [6.07, 6.45) is -2.36. The van der Waals surface area contributed by atoms with Gasteiger partial charge in [-0.2, -0.15) is 13.2 Å². The van der Waals surface area contributed by atoms with E-state index in [0.29, 0.717) is 12.5 Å². The predicted octanol–water partition coefficient (Wildman–Crippen LogP) is 3.55. The van der Waals surface area contributed by atoms with E-state index in [1.807, 2.05) is 13.8 Å². The third-order valence-electron chi connectivity index (χ3n) is 3.65. The Morgan fingerprint density at radius 3 is 2.48 bits per heavy atom. The molecule has 1 fully saturated rings. The van der Waals surface area contributed by atoms with Crippen LogP contribution >= 0.6 is 0 Å². The third kappa shape index (κ3) is 3.68. The molecule has 0 bridgehead atoms. The molecule has 0 radical (unpaired) electrons. The Balaban J connectivity index is 2.31. The Bertz CT molecular complexity index is 536. The van der Waals surface area contributed by atoms with Gasteiger partial charge in [0, 0.05) is 18.3 Å². The fourth-order valence-electron chi connectivity index (χ4n) is 2.18. The van der Waals surface area contributed by atoms with Crippen LogP contribution < -0.4 is 5.73 Å². The number of halogens is 3. The maximum atomic E-state index is 12.8. The summed E-state index contributed by atoms with van der Waals surface area (Å²) >= 11 is 0. The molecule has 0 unspecified atom stereocenters. The minimum absolute atomic E-state index is 0.0702. The maximum absolute atomic E-state index is 12.8. The number of carbonyl (C=O) groups is 1. The van der Waals surface area contributed by atoms with Crippen molar-refractivity contribution in [1.82, 2.24) is 4.90 Å². The summed E-state index contributed by atoms with van der Waals surface area (Å²) in [7, 11) is 0. The molecule has 1 aromatic carbocycles. The number of amides is 1. The van der Waals surface area contributed by atoms with E-state index in [-0.39, 0.29) is 17.3 Å². The second-order valence-electron chi connectivity index (χ2n) is 5.79. The van der Waals surface area contributed by atoms with Gasteiger partial charge in [0.05, 0.1) is 11.1 Å². The van der Waals surface area contributed by atoms with E-state index in [1.54, 1.807) is 4.90 Å². The molecule has 0 atom stereocenters. The van der Waals surface area contributed by atoms with Crippen LogP contribution in [0.2, 0.25) is 0 Å². The monoisotopic (exact) mass is 300 g/mol. The molecule has 2 rings (SSSR count). The van der Waals surface area contributed by atoms with Gasteiger partial charge in [-0.3, -0.25) is 4.79 Å². The minimum atomic E-state index is -4.48. The van der Waals surface area contributed by atoms with Crippen molar-refractivity contribution in [3.05, 3.63) is 29.3 Å². The van der Waals surface area contributed by atoms with Gasteiger partial charge in [-0.05, 0) is 50.8 Å². The number of rotatable bonds is 4. The van der Waals surface area contributed by atoms with Crippen LogP contribution in [0, 0.1) is 5.92 Å². The van der Waals surface area contributed by atoms with Crippen molar-refractivity contribution in [3.8, 4) is 0 Å². The molecule has 0 spiro atoms. The van der Waals surface area contributed by atoms with Crippen molar-refractivity contribution >= 4 is 11.6 Å². The number of alkyl halides is 3. The van der Waals surface area contributed by atoms with Crippen molar-refractivity contribution in [2.75, 3.05) is 12.3 Å². The van der Waals surface area contributed by atoms with Crippen LogP contribution in [0.1, 0.15) is 42.6 Å². The van der Waals surface area contributed by atoms with Crippen molar-refractivity contribution in [1.29, 1.82) is 0 Å². The molecule has 0 aromatic heterocycles. The molecule has 2 N–H and O–H groups in total. The number of nitrogens with two attached hydrogens (primary N) is 1. The summed E-state index contributed by atoms with van der Waals surface area (Å²) in [5.74, 6) is 0.0314. The van der Waals surface area contributed by atoms with Crippen LogP contribution in [0.5, 0.6) is 0 Å². The SMILES string of the molecule is CC(C)N(CC1CC1)C(=O)c1cc(C(F)(F)F)ccc1N. The first-order valence-corrected chi connectivity index (χ1v) is 6.98. The highest BCUT2D eigenvalue weighted by Crippen LogP contribution is 2.33. The van der Waals surface area contributed by atoms with E-state index in [2.05, 4.69) is 0 Å². The Labute approximate surface area is 121 Å². The highest BCUT2D eigenvalue weighted by Gasteiger charge is 2.33. The fourth-order valence-corrected chi connectivity index (χ4v) is 2.18. The lowest BCUT2D eigenvalue weighted by Gasteiger charge is -2.27. The van der Waals surface area contributed by atoms with Gasteiger partial charge in [0.15, 0.2) is 0 Å². The van der Waals surface area contributed by atoms with E-state index in [4.69, 9.17) is 5.73 Å². The van der Waals surface area contributed by atoms with Gasteiger partial charge in [0.25, 0.3) is 5.91 Å². The minimum Gasteiger partial charge on any atom is -0.398 e. The Morgan fingerprint density at radius 1 is 1.38 bits per heavy atom. The van der Waals surface area contributed by atoms with Crippen molar-refractivity contribution in [3.63, 3.8) is 0 Å². The number of hydrogen-bond acceptors (Lipinski definition) is 2. The van der Waals surface area contributed by atoms with Crippen molar-refractivity contribution in [2.24, 2.45) is 5.92 Å². The standard InChI is InChI=1S/C15H19F3N2O/c1-9(2)20(8-10-3-4-10)14(21)12-7-11(15(16,17)18)5-6-13(12)19/h5-7,9-10H,3-4,8,19H2,1-2H3. The molecule has 1 saturated carbocycles. The molecule has 0 heterocycles. The van der Waals surface area contributed by atoms with Crippen LogP contribution in [0.3, 0.4) is 0 Å². The van der Waals surface area contributed by atoms with E-state index in [9.17, 15) is 18.0 Å². The van der Waals surface area contributed by atoms with Gasteiger partial charge >= 0.3 is 6.18 Å². The zero-order valence-corrected chi connectivity index (χ0v) is 12.1. The molecule has 116 valence electrons. The molecule has 0 aliphatic heterocycles. The van der Waals surface area contributed by atoms with E-state index in [1.165, 1.54) is 0 Å². The molecule has 0 saturated heterocycles. The molecule has 1 amide bonds. The third-order valence-corrected chi connectivity index (χ3v) is 3.65. The first-order valence-electron chi connectivity index (χ1n) is 6.98. The summed E-state index contributed by atoms with van der Waals surface area (Å²) in [6, 6.07) is 2.81. The quantitative estimate of drug-likeness (QED) is 0.864. The van der Waals surface area contributed by atoms with E-state index < -0.39 is 17.6 Å². The average Bonchev–Trinajstić information content (AvgIpc) is 3.18. The summed E-state index contributed by atoms with van der Waals surface area (Å²) in [5.41, 5.74) is 4.86. The van der Waals surface area contributed by atoms with Crippen LogP contribution in [0.25, 0.3) is 0 Å². The average molecular weight is 300 g/mol. The van der Waals surface area contributed by atoms with Gasteiger partial charge in [-0.1, -0.05) is 0 Å². The largest absolute Gasteiger partial charge is 0.416 e. The van der Waals surface area contributed by atoms with E-state index in [0.717, 1.165) is 31.0 Å². The smallest absolute Gasteiger partial charge is 0.398 e. The molecular weight excluding hydrogens is 281 g/mol.